The maximum Gasteiger partial charge on any atom is 0.205 e. The lowest BCUT2D eigenvalue weighted by molar-refractivity contribution is 0.0435. The predicted molar refractivity (Wildman–Crippen MR) is 93.8 cm³/mol. The molecule has 0 bridgehead atoms. The van der Waals surface area contributed by atoms with Crippen LogP contribution < -0.4 is 4.74 Å². The molecule has 0 saturated carbocycles. The van der Waals surface area contributed by atoms with Crippen LogP contribution in [0.1, 0.15) is 11.1 Å². The van der Waals surface area contributed by atoms with Crippen LogP contribution in [0.15, 0.2) is 30.3 Å². The van der Waals surface area contributed by atoms with E-state index < -0.39 is 34.6 Å². The highest BCUT2D eigenvalue weighted by Gasteiger charge is 2.26. The van der Waals surface area contributed by atoms with Gasteiger partial charge in [-0.3, -0.25) is 4.90 Å². The summed E-state index contributed by atoms with van der Waals surface area (Å²) in [5.74, 6) is -7.09. The molecule has 0 aliphatic carbocycles. The molecule has 7 heteroatoms. The molecule has 2 aromatic rings. The Labute approximate surface area is 154 Å². The highest BCUT2D eigenvalue weighted by Crippen LogP contribution is 2.34. The molecule has 3 nitrogen and oxygen atoms in total. The second-order valence-corrected chi connectivity index (χ2v) is 6.18. The van der Waals surface area contributed by atoms with E-state index in [-0.39, 0.29) is 5.75 Å². The Morgan fingerprint density at radius 2 is 1.63 bits per heavy atom. The van der Waals surface area contributed by atoms with Crippen LogP contribution in [0.25, 0.3) is 6.08 Å². The smallest absolute Gasteiger partial charge is 0.205 e. The molecule has 0 spiro atoms. The molecule has 2 aromatic carbocycles. The van der Waals surface area contributed by atoms with E-state index in [9.17, 15) is 17.6 Å². The zero-order chi connectivity index (χ0) is 19.4. The maximum absolute atomic E-state index is 14.3. The van der Waals surface area contributed by atoms with Gasteiger partial charge in [0.2, 0.25) is 17.4 Å². The van der Waals surface area contributed by atoms with Crippen LogP contribution in [0.3, 0.4) is 0 Å². The summed E-state index contributed by atoms with van der Waals surface area (Å²) in [5.41, 5.74) is -0.193. The number of ether oxygens (including phenoxy) is 2. The van der Waals surface area contributed by atoms with Gasteiger partial charge in [0.1, 0.15) is 5.75 Å². The summed E-state index contributed by atoms with van der Waals surface area (Å²) in [4.78, 5) is 2.00. The molecule has 1 aliphatic rings. The van der Waals surface area contributed by atoms with Crippen LogP contribution in [0.5, 0.6) is 11.5 Å². The van der Waals surface area contributed by atoms with E-state index in [1.54, 1.807) is 25.1 Å². The molecule has 3 rings (SSSR count). The molecule has 144 valence electrons. The molecular weight excluding hydrogens is 362 g/mol. The van der Waals surface area contributed by atoms with Crippen molar-refractivity contribution in [2.75, 3.05) is 32.8 Å². The van der Waals surface area contributed by atoms with Crippen LogP contribution in [0.2, 0.25) is 0 Å². The Kier molecular flexibility index (Phi) is 6.13. The molecule has 0 atom stereocenters. The SMILES string of the molecule is Cc1ccccc1Oc1c(F)c(F)c(/C=C/CN2CCOCC2)c(F)c1F. The van der Waals surface area contributed by atoms with Crippen molar-refractivity contribution in [3.63, 3.8) is 0 Å². The molecule has 1 heterocycles. The Morgan fingerprint density at radius 3 is 2.26 bits per heavy atom. The fraction of sp³-hybridized carbons (Fsp3) is 0.300. The lowest BCUT2D eigenvalue weighted by Gasteiger charge is -2.25. The van der Waals surface area contributed by atoms with Gasteiger partial charge in [-0.15, -0.1) is 0 Å². The van der Waals surface area contributed by atoms with Gasteiger partial charge in [-0.2, -0.15) is 8.78 Å². The zero-order valence-corrected chi connectivity index (χ0v) is 14.8. The number of aryl methyl sites for hydroxylation is 1. The van der Waals surface area contributed by atoms with Crippen LogP contribution in [-0.4, -0.2) is 37.7 Å². The summed E-state index contributed by atoms with van der Waals surface area (Å²) in [6.07, 6.45) is 2.51. The molecule has 1 saturated heterocycles. The van der Waals surface area contributed by atoms with Gasteiger partial charge in [0.15, 0.2) is 11.6 Å². The third-order valence-electron chi connectivity index (χ3n) is 4.31. The molecule has 1 fully saturated rings. The number of benzene rings is 2. The predicted octanol–water partition coefficient (Wildman–Crippen LogP) is 4.69. The average Bonchev–Trinajstić information content (AvgIpc) is 2.68. The quantitative estimate of drug-likeness (QED) is 0.554. The Bertz CT molecular complexity index is 819. The maximum atomic E-state index is 14.3. The fourth-order valence-electron chi connectivity index (χ4n) is 2.75. The van der Waals surface area contributed by atoms with E-state index in [0.29, 0.717) is 38.4 Å². The zero-order valence-electron chi connectivity index (χ0n) is 14.8. The van der Waals surface area contributed by atoms with Gasteiger partial charge < -0.3 is 9.47 Å². The van der Waals surface area contributed by atoms with Gasteiger partial charge in [-0.1, -0.05) is 30.4 Å². The van der Waals surface area contributed by atoms with Crippen molar-refractivity contribution in [1.29, 1.82) is 0 Å². The third kappa shape index (κ3) is 4.31. The van der Waals surface area contributed by atoms with Crippen molar-refractivity contribution in [3.8, 4) is 11.5 Å². The topological polar surface area (TPSA) is 21.7 Å². The van der Waals surface area contributed by atoms with Crippen LogP contribution in [0, 0.1) is 30.2 Å². The van der Waals surface area contributed by atoms with E-state index in [1.807, 2.05) is 4.90 Å². The van der Waals surface area contributed by atoms with E-state index >= 15 is 0 Å². The van der Waals surface area contributed by atoms with Gasteiger partial charge in [0.25, 0.3) is 0 Å². The normalized spacial score (nSPS) is 15.4. The van der Waals surface area contributed by atoms with E-state index in [4.69, 9.17) is 9.47 Å². The molecular formula is C20H19F4NO2. The van der Waals surface area contributed by atoms with Crippen LogP contribution in [-0.2, 0) is 4.74 Å². The van der Waals surface area contributed by atoms with E-state index in [2.05, 4.69) is 0 Å². The summed E-state index contributed by atoms with van der Waals surface area (Å²) in [7, 11) is 0. The highest BCUT2D eigenvalue weighted by molar-refractivity contribution is 5.54. The van der Waals surface area contributed by atoms with Crippen molar-refractivity contribution in [1.82, 2.24) is 4.90 Å². The highest BCUT2D eigenvalue weighted by atomic mass is 19.2. The molecule has 0 unspecified atom stereocenters. The van der Waals surface area contributed by atoms with Gasteiger partial charge in [-0.25, -0.2) is 8.78 Å². The Balaban J connectivity index is 1.85. The van der Waals surface area contributed by atoms with E-state index in [0.717, 1.165) is 6.08 Å². The molecule has 0 radical (unpaired) electrons. The molecule has 1 aliphatic heterocycles. The first-order valence-corrected chi connectivity index (χ1v) is 8.55. The minimum Gasteiger partial charge on any atom is -0.451 e. The first kappa shape index (κ1) is 19.4. The van der Waals surface area contributed by atoms with Crippen molar-refractivity contribution < 1.29 is 27.0 Å². The molecule has 0 amide bonds. The summed E-state index contributed by atoms with van der Waals surface area (Å²) < 4.78 is 67.6. The van der Waals surface area contributed by atoms with Crippen molar-refractivity contribution in [3.05, 3.63) is 64.7 Å². The standard InChI is InChI=1S/C20H19F4NO2/c1-13-5-2-3-7-15(13)27-20-18(23)16(21)14(17(22)19(20)24)6-4-8-25-9-11-26-12-10-25/h2-7H,8-12H2,1H3/b6-4+. The first-order chi connectivity index (χ1) is 13.0. The van der Waals surface area contributed by atoms with Crippen LogP contribution in [0.4, 0.5) is 17.6 Å². The monoisotopic (exact) mass is 381 g/mol. The first-order valence-electron chi connectivity index (χ1n) is 8.55. The second kappa shape index (κ2) is 8.54. The largest absolute Gasteiger partial charge is 0.451 e. The van der Waals surface area contributed by atoms with Gasteiger partial charge in [-0.05, 0) is 18.6 Å². The average molecular weight is 381 g/mol. The number of morpholine rings is 1. The van der Waals surface area contributed by atoms with Crippen molar-refractivity contribution in [2.45, 2.75) is 6.92 Å². The number of halogens is 4. The summed E-state index contributed by atoms with van der Waals surface area (Å²) >= 11 is 0. The van der Waals surface area contributed by atoms with E-state index in [1.165, 1.54) is 12.1 Å². The van der Waals surface area contributed by atoms with Crippen molar-refractivity contribution >= 4 is 6.08 Å². The number of hydrogen-bond acceptors (Lipinski definition) is 3. The minimum atomic E-state index is -1.57. The fourth-order valence-corrected chi connectivity index (χ4v) is 2.75. The van der Waals surface area contributed by atoms with Gasteiger partial charge in [0.05, 0.1) is 18.8 Å². The molecule has 27 heavy (non-hydrogen) atoms. The minimum absolute atomic E-state index is 0.115. The van der Waals surface area contributed by atoms with Gasteiger partial charge in [0, 0.05) is 19.6 Å². The Hall–Kier alpha value is -2.38. The summed E-state index contributed by atoms with van der Waals surface area (Å²) in [6.45, 7) is 4.56. The number of nitrogens with zero attached hydrogens (tertiary/aromatic N) is 1. The lowest BCUT2D eigenvalue weighted by Crippen LogP contribution is -2.36. The molecule has 0 N–H and O–H groups in total. The molecule has 0 aromatic heterocycles. The van der Waals surface area contributed by atoms with Gasteiger partial charge >= 0.3 is 0 Å². The number of rotatable bonds is 5. The Morgan fingerprint density at radius 1 is 1.00 bits per heavy atom. The third-order valence-corrected chi connectivity index (χ3v) is 4.31. The summed E-state index contributed by atoms with van der Waals surface area (Å²) in [5, 5.41) is 0. The van der Waals surface area contributed by atoms with Crippen LogP contribution >= 0.6 is 0 Å². The number of hydrogen-bond donors (Lipinski definition) is 0. The second-order valence-electron chi connectivity index (χ2n) is 6.18. The number of para-hydroxylation sites is 1. The lowest BCUT2D eigenvalue weighted by atomic mass is 10.1. The summed E-state index contributed by atoms with van der Waals surface area (Å²) in [6, 6.07) is 6.41. The van der Waals surface area contributed by atoms with Crippen molar-refractivity contribution in [2.24, 2.45) is 0 Å².